The van der Waals surface area contributed by atoms with Crippen LogP contribution in [0.4, 0.5) is 0 Å². The molecule has 0 spiro atoms. The molecule has 5 nitrogen and oxygen atoms in total. The van der Waals surface area contributed by atoms with Crippen molar-refractivity contribution in [1.29, 1.82) is 0 Å². The van der Waals surface area contributed by atoms with E-state index in [2.05, 4.69) is 8.92 Å². The third-order valence-electron chi connectivity index (χ3n) is 0.315. The second kappa shape index (κ2) is 5.23. The van der Waals surface area contributed by atoms with Crippen LogP contribution in [0.1, 0.15) is 0 Å². The summed E-state index contributed by atoms with van der Waals surface area (Å²) >= 11 is 0. The molecule has 0 heterocycles. The molecule has 1 N–H and O–H groups in total. The Morgan fingerprint density at radius 1 is 1.56 bits per heavy atom. The van der Waals surface area contributed by atoms with Crippen LogP contribution in [0.2, 0.25) is 0 Å². The molecule has 0 aromatic heterocycles. The molecule has 0 bridgehead atoms. The Morgan fingerprint density at radius 2 is 2.00 bits per heavy atom. The van der Waals surface area contributed by atoms with E-state index in [1.807, 2.05) is 0 Å². The fourth-order valence-electron chi connectivity index (χ4n) is 0.109. The molecule has 9 heavy (non-hydrogen) atoms. The van der Waals surface area contributed by atoms with Crippen LogP contribution in [0.5, 0.6) is 0 Å². The van der Waals surface area contributed by atoms with Gasteiger partial charge in [0.15, 0.2) is 6.79 Å². The van der Waals surface area contributed by atoms with Crippen LogP contribution in [0.3, 0.4) is 0 Å². The van der Waals surface area contributed by atoms with E-state index in [0.717, 1.165) is 0 Å². The summed E-state index contributed by atoms with van der Waals surface area (Å²) in [5.74, 6) is 0. The predicted octanol–water partition coefficient (Wildman–Crippen LogP) is -1.24. The van der Waals surface area contributed by atoms with Gasteiger partial charge in [-0.25, -0.2) is 4.18 Å². The molecule has 0 aliphatic heterocycles. The van der Waals surface area contributed by atoms with Crippen molar-refractivity contribution in [3.8, 4) is 0 Å². The first-order valence-corrected chi connectivity index (χ1v) is 3.03. The van der Waals surface area contributed by atoms with Gasteiger partial charge in [-0.3, -0.25) is 4.55 Å². The Bertz CT molecular complexity index is 139. The van der Waals surface area contributed by atoms with E-state index in [1.54, 1.807) is 0 Å². The number of rotatable bonds is 3. The zero-order valence-corrected chi connectivity index (χ0v) is 5.01. The van der Waals surface area contributed by atoms with Gasteiger partial charge >= 0.3 is 29.3 Å². The first-order valence-electron chi connectivity index (χ1n) is 1.67. The number of hydrogen-bond acceptors (Lipinski definition) is 4. The third kappa shape index (κ3) is 11.8. The summed E-state index contributed by atoms with van der Waals surface area (Å²) in [6.07, 6.45) is 0. The Labute approximate surface area is 65.5 Å². The predicted molar refractivity (Wildman–Crippen MR) is 31.7 cm³/mol. The molecule has 0 aliphatic rings. The molecule has 0 amide bonds. The van der Waals surface area contributed by atoms with E-state index in [-0.39, 0.29) is 18.9 Å². The molecule has 0 radical (unpaired) electrons. The Morgan fingerprint density at radius 3 is 2.11 bits per heavy atom. The molecule has 0 atom stereocenters. The van der Waals surface area contributed by atoms with Crippen molar-refractivity contribution >= 4 is 29.3 Å². The molecule has 0 saturated heterocycles. The monoisotopic (exact) mass is 150 g/mol. The van der Waals surface area contributed by atoms with Gasteiger partial charge in [0.05, 0.1) is 0 Å². The van der Waals surface area contributed by atoms with Gasteiger partial charge in [-0.1, -0.05) is 0 Å². The Balaban J connectivity index is 0. The summed E-state index contributed by atoms with van der Waals surface area (Å²) in [7, 11) is -3.07. The zero-order chi connectivity index (χ0) is 6.62. The maximum absolute atomic E-state index is 9.64. The van der Waals surface area contributed by atoms with Crippen LogP contribution in [0.15, 0.2) is 0 Å². The van der Waals surface area contributed by atoms with E-state index < -0.39 is 17.2 Å². The van der Waals surface area contributed by atoms with E-state index in [4.69, 9.17) is 4.55 Å². The van der Waals surface area contributed by atoms with Crippen molar-refractivity contribution < 1.29 is 21.9 Å². The first kappa shape index (κ1) is 12.1. The molecule has 7 heteroatoms. The Kier molecular flexibility index (Phi) is 7.05. The standard InChI is InChI=1S/C2H6O5S.Li.H/c1-6-2-7-8(3,4)5;;/h2H2,1H3,(H,3,4,5);;. The van der Waals surface area contributed by atoms with Crippen molar-refractivity contribution in [3.05, 3.63) is 0 Å². The second-order valence-electron chi connectivity index (χ2n) is 0.952. The SMILES string of the molecule is COCOS(=O)(=O)O.[LiH]. The molecule has 0 rings (SSSR count). The molecule has 0 aromatic carbocycles. The van der Waals surface area contributed by atoms with E-state index in [9.17, 15) is 8.42 Å². The number of ether oxygens (including phenoxy) is 1. The van der Waals surface area contributed by atoms with Crippen molar-refractivity contribution in [2.45, 2.75) is 0 Å². The molecule has 0 fully saturated rings. The first-order chi connectivity index (χ1) is 3.56. The van der Waals surface area contributed by atoms with Crippen molar-refractivity contribution in [2.24, 2.45) is 0 Å². The third-order valence-corrected chi connectivity index (χ3v) is 0.709. The van der Waals surface area contributed by atoms with E-state index in [0.29, 0.717) is 0 Å². The summed E-state index contributed by atoms with van der Waals surface area (Å²) in [6.45, 7) is -0.459. The van der Waals surface area contributed by atoms with Crippen LogP contribution in [-0.4, -0.2) is 45.7 Å². The molecule has 0 saturated carbocycles. The maximum atomic E-state index is 9.64. The van der Waals surface area contributed by atoms with Crippen LogP contribution in [-0.2, 0) is 19.3 Å². The molecule has 52 valence electrons. The van der Waals surface area contributed by atoms with E-state index in [1.165, 1.54) is 7.11 Å². The molecule has 0 aliphatic carbocycles. The normalized spacial score (nSPS) is 10.4. The minimum atomic E-state index is -4.31. The van der Waals surface area contributed by atoms with Crippen molar-refractivity contribution in [2.75, 3.05) is 13.9 Å². The number of methoxy groups -OCH3 is 1. The fraction of sp³-hybridized carbons (Fsp3) is 1.00. The quantitative estimate of drug-likeness (QED) is 0.309. The summed E-state index contributed by atoms with van der Waals surface area (Å²) < 4.78 is 34.9. The van der Waals surface area contributed by atoms with Gasteiger partial charge in [0.25, 0.3) is 0 Å². The van der Waals surface area contributed by atoms with Crippen LogP contribution < -0.4 is 0 Å². The fourth-order valence-corrected chi connectivity index (χ4v) is 0.327. The summed E-state index contributed by atoms with van der Waals surface area (Å²) in [5, 5.41) is 0. The molecular weight excluding hydrogens is 143 g/mol. The average Bonchev–Trinajstić information content (AvgIpc) is 1.59. The number of hydrogen-bond donors (Lipinski definition) is 1. The summed E-state index contributed by atoms with van der Waals surface area (Å²) in [6, 6.07) is 0. The topological polar surface area (TPSA) is 72.8 Å². The van der Waals surface area contributed by atoms with Gasteiger partial charge < -0.3 is 4.74 Å². The molecular formula is C2H7LiO5S. The molecule has 0 aromatic rings. The summed E-state index contributed by atoms with van der Waals surface area (Å²) in [5.41, 5.74) is 0. The van der Waals surface area contributed by atoms with Crippen molar-refractivity contribution in [1.82, 2.24) is 0 Å². The van der Waals surface area contributed by atoms with Crippen LogP contribution in [0, 0.1) is 0 Å². The van der Waals surface area contributed by atoms with Gasteiger partial charge in [0, 0.05) is 7.11 Å². The zero-order valence-electron chi connectivity index (χ0n) is 4.20. The van der Waals surface area contributed by atoms with Gasteiger partial charge in [-0.05, 0) is 0 Å². The van der Waals surface area contributed by atoms with Crippen molar-refractivity contribution in [3.63, 3.8) is 0 Å². The van der Waals surface area contributed by atoms with Crippen LogP contribution in [0.25, 0.3) is 0 Å². The summed E-state index contributed by atoms with van der Waals surface area (Å²) in [4.78, 5) is 0. The van der Waals surface area contributed by atoms with Gasteiger partial charge in [-0.2, -0.15) is 8.42 Å². The van der Waals surface area contributed by atoms with Crippen LogP contribution >= 0.6 is 0 Å². The van der Waals surface area contributed by atoms with Gasteiger partial charge in [-0.15, -0.1) is 0 Å². The van der Waals surface area contributed by atoms with Gasteiger partial charge in [0.1, 0.15) is 0 Å². The second-order valence-corrected chi connectivity index (χ2v) is 2.04. The Hall–Kier alpha value is 0.427. The minimum absolute atomic E-state index is 0. The van der Waals surface area contributed by atoms with Gasteiger partial charge in [0.2, 0.25) is 0 Å². The molecule has 0 unspecified atom stereocenters. The average molecular weight is 150 g/mol. The van der Waals surface area contributed by atoms with E-state index >= 15 is 0 Å².